The van der Waals surface area contributed by atoms with Crippen LogP contribution in [0.15, 0.2) is 0 Å². The molecule has 1 atom stereocenters. The first-order chi connectivity index (χ1) is 17.6. The average molecular weight is 529 g/mol. The third kappa shape index (κ3) is 26.4. The van der Waals surface area contributed by atoms with Gasteiger partial charge in [0.15, 0.2) is 0 Å². The Bertz CT molecular complexity index is 483. The monoisotopic (exact) mass is 528 g/mol. The molecule has 214 valence electrons. The van der Waals surface area contributed by atoms with E-state index < -0.39 is 6.10 Å². The molecule has 0 radical (unpaired) electrons. The lowest BCUT2D eigenvalue weighted by atomic mass is 10.0. The van der Waals surface area contributed by atoms with Crippen molar-refractivity contribution in [2.75, 3.05) is 12.4 Å². The summed E-state index contributed by atoms with van der Waals surface area (Å²) in [6.45, 7) is 4.62. The van der Waals surface area contributed by atoms with E-state index in [9.17, 15) is 9.59 Å². The molecule has 0 heterocycles. The van der Waals surface area contributed by atoms with Crippen LogP contribution >= 0.6 is 12.6 Å². The summed E-state index contributed by atoms with van der Waals surface area (Å²) in [4.78, 5) is 24.1. The Kier molecular flexibility index (Phi) is 28.3. The van der Waals surface area contributed by atoms with Gasteiger partial charge in [-0.3, -0.25) is 9.59 Å². The van der Waals surface area contributed by atoms with Crippen LogP contribution in [0.2, 0.25) is 0 Å². The van der Waals surface area contributed by atoms with Crippen molar-refractivity contribution in [3.63, 3.8) is 0 Å². The quantitative estimate of drug-likeness (QED) is 0.0623. The van der Waals surface area contributed by atoms with Crippen LogP contribution < -0.4 is 0 Å². The van der Waals surface area contributed by atoms with Gasteiger partial charge in [0.05, 0.1) is 0 Å². The fourth-order valence-electron chi connectivity index (χ4n) is 4.49. The topological polar surface area (TPSA) is 52.6 Å². The summed E-state index contributed by atoms with van der Waals surface area (Å²) in [6, 6.07) is 0. The Labute approximate surface area is 229 Å². The molecular weight excluding hydrogens is 468 g/mol. The van der Waals surface area contributed by atoms with Crippen LogP contribution in [-0.2, 0) is 19.1 Å². The van der Waals surface area contributed by atoms with E-state index in [1.165, 1.54) is 116 Å². The minimum atomic E-state index is -0.449. The van der Waals surface area contributed by atoms with Crippen LogP contribution in [0.4, 0.5) is 0 Å². The van der Waals surface area contributed by atoms with Gasteiger partial charge in [-0.25, -0.2) is 0 Å². The van der Waals surface area contributed by atoms with E-state index in [2.05, 4.69) is 26.5 Å². The second-order valence-electron chi connectivity index (χ2n) is 10.5. The molecule has 0 spiro atoms. The standard InChI is InChI=1S/C31H60O4S/c1-3-5-7-9-11-13-15-16-18-19-21-23-25-30(32)34-27-29(28-36)35-31(33)26-24-22-20-17-14-12-10-8-6-4-2/h29,36H,3-28H2,1-2H3/t29-/m1/s1. The third-order valence-electron chi connectivity index (χ3n) is 6.90. The zero-order valence-corrected chi connectivity index (χ0v) is 24.9. The summed E-state index contributed by atoms with van der Waals surface area (Å²) in [7, 11) is 0. The van der Waals surface area contributed by atoms with Crippen LogP contribution in [-0.4, -0.2) is 30.4 Å². The van der Waals surface area contributed by atoms with E-state index in [1.54, 1.807) is 0 Å². The molecule has 0 N–H and O–H groups in total. The average Bonchev–Trinajstić information content (AvgIpc) is 2.88. The zero-order chi connectivity index (χ0) is 26.5. The summed E-state index contributed by atoms with van der Waals surface area (Å²) in [5.41, 5.74) is 0. The summed E-state index contributed by atoms with van der Waals surface area (Å²) in [6.07, 6.45) is 28.1. The number of carbonyl (C=O) groups is 2. The lowest BCUT2D eigenvalue weighted by Crippen LogP contribution is -2.26. The van der Waals surface area contributed by atoms with E-state index in [-0.39, 0.29) is 18.5 Å². The maximum absolute atomic E-state index is 12.1. The molecule has 0 aliphatic heterocycles. The van der Waals surface area contributed by atoms with Gasteiger partial charge in [0.25, 0.3) is 0 Å². The lowest BCUT2D eigenvalue weighted by Gasteiger charge is -2.16. The van der Waals surface area contributed by atoms with Crippen molar-refractivity contribution in [1.82, 2.24) is 0 Å². The minimum Gasteiger partial charge on any atom is -0.462 e. The summed E-state index contributed by atoms with van der Waals surface area (Å²) in [5, 5.41) is 0. The first-order valence-corrected chi connectivity index (χ1v) is 16.2. The van der Waals surface area contributed by atoms with Gasteiger partial charge in [0.1, 0.15) is 12.7 Å². The van der Waals surface area contributed by atoms with Crippen molar-refractivity contribution in [2.45, 2.75) is 174 Å². The SMILES string of the molecule is CCCCCCCCCCCCCCC(=O)OC[C@H](CS)OC(=O)CCCCCCCCCCCC. The molecule has 0 saturated heterocycles. The molecular formula is C31H60O4S. The molecule has 0 aromatic carbocycles. The normalized spacial score (nSPS) is 12.0. The zero-order valence-electron chi connectivity index (χ0n) is 24.0. The summed E-state index contributed by atoms with van der Waals surface area (Å²) in [5.74, 6) is -0.0272. The van der Waals surface area contributed by atoms with Crippen LogP contribution in [0.3, 0.4) is 0 Å². The molecule has 0 saturated carbocycles. The predicted molar refractivity (Wildman–Crippen MR) is 157 cm³/mol. The lowest BCUT2D eigenvalue weighted by molar-refractivity contribution is -0.157. The number of rotatable bonds is 28. The highest BCUT2D eigenvalue weighted by Gasteiger charge is 2.15. The van der Waals surface area contributed by atoms with Gasteiger partial charge in [-0.05, 0) is 12.8 Å². The first-order valence-electron chi connectivity index (χ1n) is 15.6. The molecule has 0 rings (SSSR count). The molecule has 0 amide bonds. The van der Waals surface area contributed by atoms with Gasteiger partial charge < -0.3 is 9.47 Å². The maximum Gasteiger partial charge on any atom is 0.306 e. The van der Waals surface area contributed by atoms with Gasteiger partial charge >= 0.3 is 11.9 Å². The van der Waals surface area contributed by atoms with E-state index in [0.29, 0.717) is 18.6 Å². The van der Waals surface area contributed by atoms with Gasteiger partial charge in [0, 0.05) is 18.6 Å². The smallest absolute Gasteiger partial charge is 0.306 e. The summed E-state index contributed by atoms with van der Waals surface area (Å²) >= 11 is 4.26. The Morgan fingerprint density at radius 3 is 1.22 bits per heavy atom. The predicted octanol–water partition coefficient (Wildman–Crippen LogP) is 9.77. The number of hydrogen-bond acceptors (Lipinski definition) is 5. The fraction of sp³-hybridized carbons (Fsp3) is 0.935. The molecule has 0 unspecified atom stereocenters. The number of ether oxygens (including phenoxy) is 2. The molecule has 0 aromatic heterocycles. The molecule has 0 fully saturated rings. The molecule has 36 heavy (non-hydrogen) atoms. The van der Waals surface area contributed by atoms with E-state index in [1.807, 2.05) is 0 Å². The van der Waals surface area contributed by atoms with Crippen LogP contribution in [0, 0.1) is 0 Å². The Balaban J connectivity index is 3.56. The highest BCUT2D eigenvalue weighted by atomic mass is 32.1. The number of hydrogen-bond donors (Lipinski definition) is 1. The number of thiol groups is 1. The highest BCUT2D eigenvalue weighted by molar-refractivity contribution is 7.80. The minimum absolute atomic E-state index is 0.115. The molecule has 0 aliphatic carbocycles. The maximum atomic E-state index is 12.1. The first kappa shape index (κ1) is 35.3. The van der Waals surface area contributed by atoms with Crippen LogP contribution in [0.5, 0.6) is 0 Å². The van der Waals surface area contributed by atoms with Gasteiger partial charge in [-0.2, -0.15) is 12.6 Å². The van der Waals surface area contributed by atoms with Gasteiger partial charge in [-0.15, -0.1) is 0 Å². The van der Waals surface area contributed by atoms with E-state index in [0.717, 1.165) is 25.7 Å². The van der Waals surface area contributed by atoms with Gasteiger partial charge in [-0.1, -0.05) is 142 Å². The molecule has 0 aliphatic rings. The third-order valence-corrected chi connectivity index (χ3v) is 7.31. The molecule has 5 heteroatoms. The molecule has 0 aromatic rings. The fourth-order valence-corrected chi connectivity index (χ4v) is 4.67. The second kappa shape index (κ2) is 28.9. The van der Waals surface area contributed by atoms with Crippen molar-refractivity contribution in [3.05, 3.63) is 0 Å². The number of unbranched alkanes of at least 4 members (excludes halogenated alkanes) is 20. The summed E-state index contributed by atoms with van der Waals surface area (Å²) < 4.78 is 10.8. The Morgan fingerprint density at radius 1 is 0.528 bits per heavy atom. The van der Waals surface area contributed by atoms with Crippen molar-refractivity contribution in [2.24, 2.45) is 0 Å². The van der Waals surface area contributed by atoms with Crippen molar-refractivity contribution in [3.8, 4) is 0 Å². The number of esters is 2. The van der Waals surface area contributed by atoms with Gasteiger partial charge in [0.2, 0.25) is 0 Å². The van der Waals surface area contributed by atoms with E-state index in [4.69, 9.17) is 9.47 Å². The van der Waals surface area contributed by atoms with Crippen LogP contribution in [0.25, 0.3) is 0 Å². The second-order valence-corrected chi connectivity index (χ2v) is 10.9. The van der Waals surface area contributed by atoms with Crippen LogP contribution in [0.1, 0.15) is 168 Å². The molecule has 0 bridgehead atoms. The molecule has 4 nitrogen and oxygen atoms in total. The van der Waals surface area contributed by atoms with Crippen molar-refractivity contribution in [1.29, 1.82) is 0 Å². The Morgan fingerprint density at radius 2 is 0.861 bits per heavy atom. The number of carbonyl (C=O) groups excluding carboxylic acids is 2. The largest absolute Gasteiger partial charge is 0.462 e. The Hall–Kier alpha value is -0.710. The highest BCUT2D eigenvalue weighted by Crippen LogP contribution is 2.14. The van der Waals surface area contributed by atoms with E-state index >= 15 is 0 Å². The van der Waals surface area contributed by atoms with Crippen molar-refractivity contribution >= 4 is 24.6 Å². The van der Waals surface area contributed by atoms with Crippen molar-refractivity contribution < 1.29 is 19.1 Å².